The van der Waals surface area contributed by atoms with E-state index in [1.807, 2.05) is 19.1 Å². The van der Waals surface area contributed by atoms with Crippen LogP contribution in [0.1, 0.15) is 41.1 Å². The van der Waals surface area contributed by atoms with Gasteiger partial charge < -0.3 is 9.15 Å². The minimum atomic E-state index is -3.15. The molecule has 1 aromatic heterocycles. The van der Waals surface area contributed by atoms with Gasteiger partial charge in [0.15, 0.2) is 5.58 Å². The van der Waals surface area contributed by atoms with Gasteiger partial charge >= 0.3 is 11.9 Å². The summed E-state index contributed by atoms with van der Waals surface area (Å²) in [6.45, 7) is 2.02. The van der Waals surface area contributed by atoms with Crippen molar-refractivity contribution in [2.24, 2.45) is 0 Å². The number of halogens is 2. The van der Waals surface area contributed by atoms with Crippen molar-refractivity contribution in [1.29, 1.82) is 0 Å². The number of nitrogens with zero attached hydrogens (tertiary/aromatic N) is 1. The van der Waals surface area contributed by atoms with Gasteiger partial charge in [0.05, 0.1) is 12.2 Å². The summed E-state index contributed by atoms with van der Waals surface area (Å²) >= 11 is 0. The number of unbranched alkanes of at least 4 members (excludes halogenated alkanes) is 1. The lowest BCUT2D eigenvalue weighted by molar-refractivity contribution is -0.0409. The first-order valence-corrected chi connectivity index (χ1v) is 8.43. The zero-order valence-corrected chi connectivity index (χ0v) is 14.4. The number of oxazole rings is 1. The molecule has 0 aliphatic carbocycles. The van der Waals surface area contributed by atoms with E-state index >= 15 is 0 Å². The number of hydrogen-bond acceptors (Lipinski definition) is 4. The molecule has 6 heteroatoms. The number of ether oxygens (including phenoxy) is 1. The number of aromatic nitrogens is 1. The lowest BCUT2D eigenvalue weighted by Crippen LogP contribution is -2.14. The average Bonchev–Trinajstić information content (AvgIpc) is 3.07. The lowest BCUT2D eigenvalue weighted by Gasteiger charge is -2.12. The van der Waals surface area contributed by atoms with Crippen LogP contribution in [0.5, 0.6) is 0 Å². The maximum absolute atomic E-state index is 14.2. The second kappa shape index (κ2) is 7.64. The molecule has 0 unspecified atom stereocenters. The Labute approximate surface area is 149 Å². The molecule has 1 heterocycles. The van der Waals surface area contributed by atoms with E-state index in [1.54, 1.807) is 36.4 Å². The largest absolute Gasteiger partial charge is 0.462 e. The third-order valence-corrected chi connectivity index (χ3v) is 4.01. The summed E-state index contributed by atoms with van der Waals surface area (Å²) in [6, 6.07) is 13.6. The van der Waals surface area contributed by atoms with Crippen molar-refractivity contribution in [3.8, 4) is 0 Å². The first-order chi connectivity index (χ1) is 12.5. The van der Waals surface area contributed by atoms with Gasteiger partial charge in [-0.15, -0.1) is 0 Å². The quantitative estimate of drug-likeness (QED) is 0.427. The van der Waals surface area contributed by atoms with Crippen LogP contribution in [0, 0.1) is 6.92 Å². The van der Waals surface area contributed by atoms with Crippen LogP contribution in [0.2, 0.25) is 0 Å². The normalized spacial score (nSPS) is 11.7. The van der Waals surface area contributed by atoms with Crippen molar-refractivity contribution in [3.05, 3.63) is 65.5 Å². The van der Waals surface area contributed by atoms with Crippen LogP contribution in [0.3, 0.4) is 0 Å². The van der Waals surface area contributed by atoms with Crippen LogP contribution < -0.4 is 0 Å². The number of para-hydroxylation sites is 2. The van der Waals surface area contributed by atoms with E-state index < -0.39 is 24.2 Å². The fourth-order valence-corrected chi connectivity index (χ4v) is 2.52. The van der Waals surface area contributed by atoms with Gasteiger partial charge in [0.1, 0.15) is 5.52 Å². The SMILES string of the molecule is Cc1ccc(C(=O)OCCCCC(F)(F)c2nc3ccccc3o2)cc1. The molecule has 0 bridgehead atoms. The number of esters is 1. The molecule has 0 amide bonds. The van der Waals surface area contributed by atoms with E-state index in [1.165, 1.54) is 0 Å². The molecular formula is C20H19F2NO3. The fourth-order valence-electron chi connectivity index (χ4n) is 2.52. The van der Waals surface area contributed by atoms with Crippen molar-refractivity contribution >= 4 is 17.1 Å². The van der Waals surface area contributed by atoms with Crippen molar-refractivity contribution in [3.63, 3.8) is 0 Å². The predicted octanol–water partition coefficient (Wildman–Crippen LogP) is 5.26. The first-order valence-electron chi connectivity index (χ1n) is 8.43. The number of benzene rings is 2. The number of alkyl halides is 2. The number of hydrogen-bond donors (Lipinski definition) is 0. The van der Waals surface area contributed by atoms with Gasteiger partial charge in [0.2, 0.25) is 0 Å². The molecule has 0 saturated heterocycles. The summed E-state index contributed by atoms with van der Waals surface area (Å²) < 4.78 is 38.7. The molecule has 4 nitrogen and oxygen atoms in total. The number of carbonyl (C=O) groups excluding carboxylic acids is 1. The molecule has 0 saturated carbocycles. The van der Waals surface area contributed by atoms with Gasteiger partial charge in [-0.2, -0.15) is 8.78 Å². The van der Waals surface area contributed by atoms with Gasteiger partial charge in [-0.3, -0.25) is 0 Å². The highest BCUT2D eigenvalue weighted by Gasteiger charge is 2.36. The van der Waals surface area contributed by atoms with Crippen LogP contribution in [0.15, 0.2) is 52.9 Å². The average molecular weight is 359 g/mol. The van der Waals surface area contributed by atoms with E-state index in [9.17, 15) is 13.6 Å². The Morgan fingerprint density at radius 3 is 2.58 bits per heavy atom. The van der Waals surface area contributed by atoms with Gasteiger partial charge in [-0.1, -0.05) is 29.8 Å². The molecule has 0 spiro atoms. The van der Waals surface area contributed by atoms with Crippen LogP contribution >= 0.6 is 0 Å². The Bertz CT molecular complexity index is 854. The zero-order chi connectivity index (χ0) is 18.6. The van der Waals surface area contributed by atoms with Gasteiger partial charge in [-0.05, 0) is 44.0 Å². The second-order valence-electron chi connectivity index (χ2n) is 6.15. The van der Waals surface area contributed by atoms with E-state index in [0.717, 1.165) is 5.56 Å². The van der Waals surface area contributed by atoms with Crippen molar-refractivity contribution in [2.45, 2.75) is 32.1 Å². The Morgan fingerprint density at radius 2 is 1.85 bits per heavy atom. The van der Waals surface area contributed by atoms with Crippen LogP contribution in [-0.2, 0) is 10.7 Å². The summed E-state index contributed by atoms with van der Waals surface area (Å²) in [5.41, 5.74) is 2.25. The summed E-state index contributed by atoms with van der Waals surface area (Å²) in [4.78, 5) is 15.7. The fraction of sp³-hybridized carbons (Fsp3) is 0.300. The molecule has 0 fully saturated rings. The van der Waals surface area contributed by atoms with Crippen molar-refractivity contribution < 1.29 is 22.7 Å². The molecule has 0 N–H and O–H groups in total. The minimum absolute atomic E-state index is 0.0936. The Kier molecular flexibility index (Phi) is 5.30. The molecule has 26 heavy (non-hydrogen) atoms. The molecule has 0 atom stereocenters. The second-order valence-corrected chi connectivity index (χ2v) is 6.15. The summed E-state index contributed by atoms with van der Waals surface area (Å²) in [5.74, 6) is -4.17. The highest BCUT2D eigenvalue weighted by Crippen LogP contribution is 2.34. The maximum Gasteiger partial charge on any atom is 0.338 e. The Hall–Kier alpha value is -2.76. The van der Waals surface area contributed by atoms with Crippen LogP contribution in [0.25, 0.3) is 11.1 Å². The maximum atomic E-state index is 14.2. The summed E-state index contributed by atoms with van der Waals surface area (Å²) in [7, 11) is 0. The Balaban J connectivity index is 1.46. The van der Waals surface area contributed by atoms with Gasteiger partial charge in [0, 0.05) is 6.42 Å². The first kappa shape index (κ1) is 18.0. The summed E-state index contributed by atoms with van der Waals surface area (Å²) in [5, 5.41) is 0. The molecular weight excluding hydrogens is 340 g/mol. The van der Waals surface area contributed by atoms with Gasteiger partial charge in [0.25, 0.3) is 5.89 Å². The summed E-state index contributed by atoms with van der Waals surface area (Å²) in [6.07, 6.45) is 0.113. The standard InChI is InChI=1S/C20H19F2NO3/c1-14-8-10-15(11-9-14)18(24)25-13-5-4-12-20(21,22)19-23-16-6-2-3-7-17(16)26-19/h2-3,6-11H,4-5,12-13H2,1H3. The highest BCUT2D eigenvalue weighted by atomic mass is 19.3. The third kappa shape index (κ3) is 4.25. The van der Waals surface area contributed by atoms with E-state index in [2.05, 4.69) is 4.98 Å². The highest BCUT2D eigenvalue weighted by molar-refractivity contribution is 5.89. The molecule has 136 valence electrons. The predicted molar refractivity (Wildman–Crippen MR) is 93.2 cm³/mol. The molecule has 0 radical (unpaired) electrons. The van der Waals surface area contributed by atoms with Crippen LogP contribution in [-0.4, -0.2) is 17.6 Å². The zero-order valence-electron chi connectivity index (χ0n) is 14.4. The Morgan fingerprint density at radius 1 is 1.12 bits per heavy atom. The topological polar surface area (TPSA) is 52.3 Å². The monoisotopic (exact) mass is 359 g/mol. The van der Waals surface area contributed by atoms with Crippen molar-refractivity contribution in [1.82, 2.24) is 4.98 Å². The molecule has 2 aromatic carbocycles. The van der Waals surface area contributed by atoms with E-state index in [0.29, 0.717) is 23.1 Å². The van der Waals surface area contributed by atoms with E-state index in [4.69, 9.17) is 9.15 Å². The molecule has 0 aliphatic heterocycles. The minimum Gasteiger partial charge on any atom is -0.462 e. The molecule has 3 rings (SSSR count). The molecule has 3 aromatic rings. The van der Waals surface area contributed by atoms with Crippen LogP contribution in [0.4, 0.5) is 8.78 Å². The smallest absolute Gasteiger partial charge is 0.338 e. The van der Waals surface area contributed by atoms with Gasteiger partial charge in [-0.25, -0.2) is 9.78 Å². The molecule has 0 aliphatic rings. The third-order valence-electron chi connectivity index (χ3n) is 4.01. The number of carbonyl (C=O) groups is 1. The number of rotatable bonds is 7. The number of fused-ring (bicyclic) bond motifs is 1. The lowest BCUT2D eigenvalue weighted by atomic mass is 10.1. The number of aryl methyl sites for hydroxylation is 1. The van der Waals surface area contributed by atoms with Crippen molar-refractivity contribution in [2.75, 3.05) is 6.61 Å². The van der Waals surface area contributed by atoms with E-state index in [-0.39, 0.29) is 13.0 Å².